The first kappa shape index (κ1) is 32.5. The van der Waals surface area contributed by atoms with Gasteiger partial charge in [0.15, 0.2) is 0 Å². The van der Waals surface area contributed by atoms with Crippen molar-refractivity contribution in [3.8, 4) is 5.75 Å². The number of likely N-dealkylation sites (tertiary alicyclic amines) is 2. The Hall–Kier alpha value is -2.47. The minimum absolute atomic E-state index is 0.0510. The van der Waals surface area contributed by atoms with E-state index < -0.39 is 6.17 Å². The molecule has 198 valence electrons. The molecule has 6 heteroatoms. The monoisotopic (exact) mass is 492 g/mol. The zero-order chi connectivity index (χ0) is 26.8. The van der Waals surface area contributed by atoms with Gasteiger partial charge in [-0.2, -0.15) is 0 Å². The number of alkyl halides is 1. The van der Waals surface area contributed by atoms with E-state index in [1.807, 2.05) is 58.6 Å². The molecule has 2 fully saturated rings. The van der Waals surface area contributed by atoms with Crippen molar-refractivity contribution >= 4 is 5.91 Å². The highest BCUT2D eigenvalue weighted by molar-refractivity contribution is 5.84. The maximum absolute atomic E-state index is 13.6. The number of para-hydroxylation sites is 1. The van der Waals surface area contributed by atoms with E-state index in [-0.39, 0.29) is 17.8 Å². The van der Waals surface area contributed by atoms with Crippen LogP contribution in [0.3, 0.4) is 0 Å². The number of nitrogens with zero attached hydrogens (tertiary/aromatic N) is 2. The van der Waals surface area contributed by atoms with Gasteiger partial charge in [-0.1, -0.05) is 71.9 Å². The number of aromatic hydroxyl groups is 1. The number of phenols is 1. The van der Waals surface area contributed by atoms with Crippen molar-refractivity contribution in [3.05, 3.63) is 65.5 Å². The Morgan fingerprint density at radius 1 is 0.943 bits per heavy atom. The second-order valence-electron chi connectivity index (χ2n) is 7.72. The third kappa shape index (κ3) is 11.2. The molecule has 0 saturated carbocycles. The number of amides is 1. The summed E-state index contributed by atoms with van der Waals surface area (Å²) >= 11 is 0. The van der Waals surface area contributed by atoms with E-state index in [0.29, 0.717) is 37.4 Å². The fourth-order valence-electron chi connectivity index (χ4n) is 3.84. The zero-order valence-corrected chi connectivity index (χ0v) is 22.7. The molecular formula is C29H46F2N2O2. The molecule has 0 aliphatic carbocycles. The first-order valence-corrected chi connectivity index (χ1v) is 13.1. The van der Waals surface area contributed by atoms with E-state index in [1.165, 1.54) is 6.07 Å². The van der Waals surface area contributed by atoms with Gasteiger partial charge in [0.2, 0.25) is 5.91 Å². The number of hydrogen-bond donors (Lipinski definition) is 1. The molecule has 2 aromatic rings. The van der Waals surface area contributed by atoms with E-state index in [9.17, 15) is 13.6 Å². The van der Waals surface area contributed by atoms with Crippen LogP contribution in [0.4, 0.5) is 8.78 Å². The van der Waals surface area contributed by atoms with Gasteiger partial charge in [-0.15, -0.1) is 0 Å². The molecule has 2 aliphatic heterocycles. The maximum atomic E-state index is 13.6. The van der Waals surface area contributed by atoms with Crippen LogP contribution in [0.5, 0.6) is 5.75 Å². The highest BCUT2D eigenvalue weighted by Crippen LogP contribution is 2.24. The molecule has 1 amide bonds. The van der Waals surface area contributed by atoms with Gasteiger partial charge in [0.05, 0.1) is 6.04 Å². The lowest BCUT2D eigenvalue weighted by Gasteiger charge is -2.32. The number of rotatable bonds is 3. The molecule has 4 nitrogen and oxygen atoms in total. The minimum atomic E-state index is -0.818. The fraction of sp³-hybridized carbons (Fsp3) is 0.552. The molecule has 0 radical (unpaired) electrons. The molecule has 4 rings (SSSR count). The second kappa shape index (κ2) is 18.8. The fourth-order valence-corrected chi connectivity index (χ4v) is 3.84. The summed E-state index contributed by atoms with van der Waals surface area (Å²) in [5, 5.41) is 8.63. The Morgan fingerprint density at radius 3 is 2.09 bits per heavy atom. The quantitative estimate of drug-likeness (QED) is 0.495. The van der Waals surface area contributed by atoms with Gasteiger partial charge >= 0.3 is 0 Å². The van der Waals surface area contributed by atoms with Crippen LogP contribution < -0.4 is 0 Å². The van der Waals surface area contributed by atoms with Crippen molar-refractivity contribution in [2.75, 3.05) is 19.6 Å². The van der Waals surface area contributed by atoms with Crippen LogP contribution in [0.2, 0.25) is 0 Å². The van der Waals surface area contributed by atoms with Crippen LogP contribution in [0, 0.1) is 12.7 Å². The van der Waals surface area contributed by atoms with Crippen LogP contribution >= 0.6 is 0 Å². The number of hydrogen-bond acceptors (Lipinski definition) is 3. The van der Waals surface area contributed by atoms with Crippen molar-refractivity contribution < 1.29 is 18.7 Å². The van der Waals surface area contributed by atoms with Crippen molar-refractivity contribution in [1.82, 2.24) is 9.80 Å². The predicted octanol–water partition coefficient (Wildman–Crippen LogP) is 7.14. The lowest BCUT2D eigenvalue weighted by molar-refractivity contribution is -0.133. The normalized spacial score (nSPS) is 19.0. The minimum Gasteiger partial charge on any atom is -0.508 e. The summed E-state index contributed by atoms with van der Waals surface area (Å²) in [6, 6.07) is 13.6. The average molecular weight is 493 g/mol. The highest BCUT2D eigenvalue weighted by atomic mass is 19.1. The van der Waals surface area contributed by atoms with Crippen molar-refractivity contribution in [2.24, 2.45) is 0 Å². The van der Waals surface area contributed by atoms with Gasteiger partial charge < -0.3 is 10.0 Å². The Morgan fingerprint density at radius 2 is 1.57 bits per heavy atom. The number of aryl methyl sites for hydroxylation is 1. The van der Waals surface area contributed by atoms with Crippen molar-refractivity contribution in [3.63, 3.8) is 0 Å². The SMILES string of the molecule is CC.CC.CC.Cc1ccc(CN2CCC(N3CCCC(F)C3)C2=O)cc1F.Oc1ccccc1. The first-order valence-electron chi connectivity index (χ1n) is 13.1. The lowest BCUT2D eigenvalue weighted by Crippen LogP contribution is -2.47. The Bertz CT molecular complexity index is 818. The molecule has 2 heterocycles. The molecule has 2 saturated heterocycles. The number of halogens is 2. The summed E-state index contributed by atoms with van der Waals surface area (Å²) in [5.74, 6) is 0.134. The van der Waals surface area contributed by atoms with Gasteiger partial charge in [-0.3, -0.25) is 9.69 Å². The Balaban J connectivity index is 0.000000744. The molecule has 2 atom stereocenters. The van der Waals surface area contributed by atoms with Crippen molar-refractivity contribution in [2.45, 2.75) is 86.5 Å². The number of benzene rings is 2. The van der Waals surface area contributed by atoms with Gasteiger partial charge in [0, 0.05) is 19.6 Å². The number of piperidine rings is 1. The summed E-state index contributed by atoms with van der Waals surface area (Å²) in [6.07, 6.45) is 1.33. The molecule has 0 bridgehead atoms. The van der Waals surface area contributed by atoms with Crippen molar-refractivity contribution in [1.29, 1.82) is 0 Å². The van der Waals surface area contributed by atoms with E-state index >= 15 is 0 Å². The zero-order valence-electron chi connectivity index (χ0n) is 22.7. The largest absolute Gasteiger partial charge is 0.508 e. The Labute approximate surface area is 212 Å². The van der Waals surface area contributed by atoms with Gasteiger partial charge in [0.1, 0.15) is 17.7 Å². The summed E-state index contributed by atoms with van der Waals surface area (Å²) < 4.78 is 27.1. The number of phenolic OH excluding ortho intramolecular Hbond substituents is 1. The van der Waals surface area contributed by atoms with Crippen LogP contribution in [0.1, 0.15) is 71.9 Å². The summed E-state index contributed by atoms with van der Waals surface area (Å²) in [4.78, 5) is 16.3. The molecule has 35 heavy (non-hydrogen) atoms. The lowest BCUT2D eigenvalue weighted by atomic mass is 10.1. The standard InChI is InChI=1S/C17H22F2N2O.C6H6O.3C2H6/c1-12-4-5-13(9-15(12)19)10-21-8-6-16(17(21)22)20-7-2-3-14(18)11-20;7-6-4-2-1-3-5-6;3*1-2/h4-5,9,14,16H,2-3,6-8,10-11H2,1H3;1-5,7H;3*1-2H3. The van der Waals surface area contributed by atoms with Gasteiger partial charge in [-0.25, -0.2) is 8.78 Å². The molecule has 0 spiro atoms. The molecule has 0 aromatic heterocycles. The predicted molar refractivity (Wildman–Crippen MR) is 143 cm³/mol. The van der Waals surface area contributed by atoms with E-state index in [0.717, 1.165) is 24.9 Å². The Kier molecular flexibility index (Phi) is 17.5. The summed E-state index contributed by atoms with van der Waals surface area (Å²) in [6.45, 7) is 16.0. The van der Waals surface area contributed by atoms with E-state index in [2.05, 4.69) is 0 Å². The molecular weight excluding hydrogens is 446 g/mol. The maximum Gasteiger partial charge on any atom is 0.240 e. The third-order valence-electron chi connectivity index (χ3n) is 5.47. The summed E-state index contributed by atoms with van der Waals surface area (Å²) in [7, 11) is 0. The number of carbonyl (C=O) groups excluding carboxylic acids is 1. The molecule has 2 aromatic carbocycles. The van der Waals surface area contributed by atoms with E-state index in [1.54, 1.807) is 42.2 Å². The van der Waals surface area contributed by atoms with Crippen LogP contribution in [0.25, 0.3) is 0 Å². The summed E-state index contributed by atoms with van der Waals surface area (Å²) in [5.41, 5.74) is 1.41. The van der Waals surface area contributed by atoms with Crippen LogP contribution in [-0.2, 0) is 11.3 Å². The van der Waals surface area contributed by atoms with Crippen LogP contribution in [-0.4, -0.2) is 52.7 Å². The van der Waals surface area contributed by atoms with Gasteiger partial charge in [0.25, 0.3) is 0 Å². The second-order valence-corrected chi connectivity index (χ2v) is 7.72. The number of carbonyl (C=O) groups is 1. The molecule has 1 N–H and O–H groups in total. The highest BCUT2D eigenvalue weighted by Gasteiger charge is 2.37. The topological polar surface area (TPSA) is 43.8 Å². The first-order chi connectivity index (χ1) is 16.9. The smallest absolute Gasteiger partial charge is 0.240 e. The van der Waals surface area contributed by atoms with E-state index in [4.69, 9.17) is 5.11 Å². The molecule has 2 unspecified atom stereocenters. The average Bonchev–Trinajstić information content (AvgIpc) is 3.26. The third-order valence-corrected chi connectivity index (χ3v) is 5.47. The molecule has 2 aliphatic rings. The van der Waals surface area contributed by atoms with Crippen LogP contribution in [0.15, 0.2) is 48.5 Å². The van der Waals surface area contributed by atoms with Gasteiger partial charge in [-0.05, 0) is 62.1 Å².